The molecule has 0 aliphatic heterocycles. The summed E-state index contributed by atoms with van der Waals surface area (Å²) in [6.45, 7) is 6.20. The number of hydrogen-bond donors (Lipinski definition) is 1. The molecule has 4 rings (SSSR count). The summed E-state index contributed by atoms with van der Waals surface area (Å²) in [4.78, 5) is 17.3. The number of amides is 1. The van der Waals surface area contributed by atoms with Crippen LogP contribution >= 0.6 is 54.0 Å². The van der Waals surface area contributed by atoms with Crippen LogP contribution in [0, 0.1) is 0 Å². The van der Waals surface area contributed by atoms with Crippen molar-refractivity contribution in [3.8, 4) is 11.5 Å². The number of ether oxygens (including phenoxy) is 2. The minimum atomic E-state index is -1.27. The summed E-state index contributed by atoms with van der Waals surface area (Å²) in [5.41, 5.74) is 0. The Bertz CT molecular complexity index is 2130. The molecule has 0 heterocycles. The molecule has 80 heavy (non-hydrogen) atoms. The lowest BCUT2D eigenvalue weighted by Crippen LogP contribution is -2.45. The fraction of sp³-hybridized carbons (Fsp3) is 0.632. The molecule has 12 heteroatoms. The van der Waals surface area contributed by atoms with Crippen molar-refractivity contribution in [2.75, 3.05) is 30.5 Å². The third kappa shape index (κ3) is 34.4. The smallest absolute Gasteiger partial charge is 0.324 e. The molecule has 1 N–H and O–H groups in total. The minimum absolute atomic E-state index is 0.237. The Hall–Kier alpha value is -1.61. The van der Waals surface area contributed by atoms with Crippen LogP contribution in [0.15, 0.2) is 131 Å². The van der Waals surface area contributed by atoms with Gasteiger partial charge in [-0.25, -0.2) is 0 Å². The van der Waals surface area contributed by atoms with E-state index in [-0.39, 0.29) is 10.8 Å². The van der Waals surface area contributed by atoms with Gasteiger partial charge in [-0.15, -0.1) is 0 Å². The molecular formula is C68H107NO3P2S6+2. The van der Waals surface area contributed by atoms with Gasteiger partial charge in [0.15, 0.2) is 23.6 Å². The van der Waals surface area contributed by atoms with E-state index >= 15 is 4.79 Å². The second-order valence-corrected chi connectivity index (χ2v) is 43.3. The first kappa shape index (κ1) is 70.9. The van der Waals surface area contributed by atoms with Crippen molar-refractivity contribution in [3.63, 3.8) is 0 Å². The normalized spacial score (nSPS) is 13.7. The molecule has 4 aromatic carbocycles. The van der Waals surface area contributed by atoms with E-state index in [2.05, 4.69) is 79.8 Å². The van der Waals surface area contributed by atoms with Crippen molar-refractivity contribution in [2.45, 2.75) is 253 Å². The molecule has 4 atom stereocenters. The maximum Gasteiger partial charge on any atom is 0.324 e. The molecular weight excluding hydrogens is 1130 g/mol. The summed E-state index contributed by atoms with van der Waals surface area (Å²) in [5, 5.41) is 2.22. The highest BCUT2D eigenvalue weighted by Gasteiger charge is 2.43. The van der Waals surface area contributed by atoms with Gasteiger partial charge >= 0.3 is 5.10 Å². The first-order valence-electron chi connectivity index (χ1n) is 31.9. The maximum atomic E-state index is 15.1. The van der Waals surface area contributed by atoms with E-state index in [1.165, 1.54) is 201 Å². The van der Waals surface area contributed by atoms with Gasteiger partial charge < -0.3 is 14.8 Å². The number of carbonyl (C=O) groups excluding carboxylic acids is 1. The lowest BCUT2D eigenvalue weighted by Gasteiger charge is -2.33. The first-order chi connectivity index (χ1) is 39.4. The standard InChI is InChI=1S/C68H106NO3P2S6/c1-3-5-7-9-11-17-23-41-56-68(79-73(75)77-65-51-37-31-38-52-65,57-42-24-18-13-14-19-25-43-58-71-63-47-33-29-34-48-63)69-67(70)55-62-80(60-45-27-21-12-10-8-6-4-2,74(76)78-66-53-39-32-40-54-66)61-46-28-22-16-15-20-26-44-59-72-64-49-35-30-36-50-64/h29-40,47-54H,3-28,41-46,55-62H2,1-2H3/q+1/p+1. The van der Waals surface area contributed by atoms with E-state index in [4.69, 9.17) is 33.1 Å². The van der Waals surface area contributed by atoms with Crippen LogP contribution in [0.4, 0.5) is 0 Å². The highest BCUT2D eigenvalue weighted by atomic mass is 33.2. The third-order valence-corrected chi connectivity index (χ3v) is 38.1. The monoisotopic (exact) mass is 1240 g/mol. The van der Waals surface area contributed by atoms with Crippen LogP contribution in [0.5, 0.6) is 11.5 Å². The van der Waals surface area contributed by atoms with Crippen LogP contribution in [0.25, 0.3) is 0 Å². The zero-order chi connectivity index (χ0) is 56.7. The van der Waals surface area contributed by atoms with E-state index in [1.54, 1.807) is 0 Å². The van der Waals surface area contributed by atoms with Gasteiger partial charge in [0.2, 0.25) is 5.91 Å². The number of hydrogen-bond acceptors (Lipinski definition) is 8. The molecule has 0 fully saturated rings. The summed E-state index contributed by atoms with van der Waals surface area (Å²) in [7, 11) is -1.27. The Morgan fingerprint density at radius 3 is 1.18 bits per heavy atom. The Morgan fingerprint density at radius 1 is 0.438 bits per heavy atom. The van der Waals surface area contributed by atoms with Gasteiger partial charge in [-0.3, -0.25) is 4.79 Å². The Labute approximate surface area is 515 Å². The quantitative estimate of drug-likeness (QED) is 0.0267. The predicted molar refractivity (Wildman–Crippen MR) is 371 cm³/mol. The molecule has 4 unspecified atom stereocenters. The molecule has 0 spiro atoms. The van der Waals surface area contributed by atoms with Crippen LogP contribution in [-0.4, -0.2) is 41.3 Å². The summed E-state index contributed by atoms with van der Waals surface area (Å²) in [5.74, 6) is 5.54. The average Bonchev–Trinajstić information content (AvgIpc) is 3.47. The fourth-order valence-corrected chi connectivity index (χ4v) is 33.3. The predicted octanol–water partition coefficient (Wildman–Crippen LogP) is 24.3. The zero-order valence-electron chi connectivity index (χ0n) is 49.9. The van der Waals surface area contributed by atoms with Crippen molar-refractivity contribution in [1.82, 2.24) is 5.32 Å². The molecule has 0 saturated carbocycles. The third-order valence-electron chi connectivity index (χ3n) is 15.2. The topological polar surface area (TPSA) is 47.6 Å². The van der Waals surface area contributed by atoms with Gasteiger partial charge in [0.25, 0.3) is 5.10 Å². The van der Waals surface area contributed by atoms with Crippen molar-refractivity contribution in [3.05, 3.63) is 121 Å². The summed E-state index contributed by atoms with van der Waals surface area (Å²) < 4.78 is 11.9. The van der Waals surface area contributed by atoms with E-state index in [9.17, 15) is 0 Å². The second kappa shape index (κ2) is 47.6. The van der Waals surface area contributed by atoms with Gasteiger partial charge in [0.1, 0.15) is 50.5 Å². The molecule has 0 aromatic heterocycles. The van der Waals surface area contributed by atoms with Crippen LogP contribution in [0.2, 0.25) is 0 Å². The van der Waals surface area contributed by atoms with E-state index in [0.29, 0.717) is 6.42 Å². The molecule has 1 amide bonds. The molecule has 4 aromatic rings. The summed E-state index contributed by atoms with van der Waals surface area (Å²) in [6.07, 6.45) is 42.9. The highest BCUT2D eigenvalue weighted by Crippen LogP contribution is 2.77. The summed E-state index contributed by atoms with van der Waals surface area (Å²) >= 11 is 19.0. The highest BCUT2D eigenvalue weighted by molar-refractivity contribution is 9.04. The largest absolute Gasteiger partial charge is 0.494 e. The second-order valence-electron chi connectivity index (χ2n) is 22.2. The minimum Gasteiger partial charge on any atom is -0.494 e. The molecule has 4 nitrogen and oxygen atoms in total. The van der Waals surface area contributed by atoms with Crippen LogP contribution in [0.3, 0.4) is 0 Å². The van der Waals surface area contributed by atoms with Crippen LogP contribution in [-0.2, 0) is 28.4 Å². The Kier molecular flexibility index (Phi) is 42.2. The van der Waals surface area contributed by atoms with Crippen molar-refractivity contribution in [2.24, 2.45) is 0 Å². The van der Waals surface area contributed by atoms with Gasteiger partial charge in [-0.1, -0.05) is 276 Å². The number of para-hydroxylation sites is 2. The first-order valence-corrected chi connectivity index (χ1v) is 43.6. The molecule has 0 aliphatic carbocycles. The molecule has 0 bridgehead atoms. The van der Waals surface area contributed by atoms with E-state index in [0.717, 1.165) is 69.0 Å². The number of benzene rings is 4. The van der Waals surface area contributed by atoms with Crippen molar-refractivity contribution >= 4 is 83.5 Å². The lowest BCUT2D eigenvalue weighted by atomic mass is 9.98. The number of nitrogens with one attached hydrogen (secondary N) is 1. The number of carbonyl (C=O) groups is 1. The number of rotatable bonds is 53. The van der Waals surface area contributed by atoms with Crippen LogP contribution < -0.4 is 14.8 Å². The Balaban J connectivity index is 1.46. The summed E-state index contributed by atoms with van der Waals surface area (Å²) in [6, 6.07) is 42.1. The van der Waals surface area contributed by atoms with Gasteiger partial charge in [-0.05, 0) is 87.1 Å². The SMILES string of the molecule is CCCCCCCCCCC(CCCCCCCCCCOc1ccccc1)(NC(=O)CCS(CCCCCCCCCC)(CCCCCCCCCCOc1ccccc1)[P+](=S)Sc1ccccc1)S[P+](=S)Sc1ccccc1. The van der Waals surface area contributed by atoms with E-state index < -0.39 is 19.8 Å². The Morgan fingerprint density at radius 2 is 0.775 bits per heavy atom. The fourth-order valence-electron chi connectivity index (χ4n) is 10.4. The molecule has 0 saturated heterocycles. The molecule has 446 valence electrons. The lowest BCUT2D eigenvalue weighted by molar-refractivity contribution is -0.121. The van der Waals surface area contributed by atoms with Crippen LogP contribution in [0.1, 0.15) is 239 Å². The number of unbranched alkanes of at least 4 members (excludes halogenated alkanes) is 28. The van der Waals surface area contributed by atoms with Crippen molar-refractivity contribution < 1.29 is 14.3 Å². The van der Waals surface area contributed by atoms with Gasteiger partial charge in [0.05, 0.1) is 23.0 Å². The van der Waals surface area contributed by atoms with Gasteiger partial charge in [0, 0.05) is 23.7 Å². The van der Waals surface area contributed by atoms with E-state index in [1.807, 2.05) is 94.8 Å². The molecule has 0 radical (unpaired) electrons. The van der Waals surface area contributed by atoms with Crippen molar-refractivity contribution in [1.29, 1.82) is 0 Å². The zero-order valence-corrected chi connectivity index (χ0v) is 56.6. The average molecular weight is 1240 g/mol. The van der Waals surface area contributed by atoms with Gasteiger partial charge in [-0.2, -0.15) is 0 Å². The molecule has 0 aliphatic rings. The maximum absolute atomic E-state index is 15.1.